The molecular weight excluding hydrogens is 303 g/mol. The van der Waals surface area contributed by atoms with E-state index in [-0.39, 0.29) is 0 Å². The molecular formula is C17H16Cl2N2. The normalized spacial score (nSPS) is 13.7. The highest BCUT2D eigenvalue weighted by molar-refractivity contribution is 6.42. The van der Waals surface area contributed by atoms with Gasteiger partial charge in [-0.3, -0.25) is 5.41 Å². The third-order valence-corrected chi connectivity index (χ3v) is 4.46. The van der Waals surface area contributed by atoms with Crippen LogP contribution >= 0.6 is 23.2 Å². The highest BCUT2D eigenvalue weighted by atomic mass is 35.5. The van der Waals surface area contributed by atoms with Crippen molar-refractivity contribution in [2.45, 2.75) is 26.9 Å². The number of nitrogens with zero attached hydrogens (tertiary/aromatic N) is 1. The molecule has 0 fully saturated rings. The van der Waals surface area contributed by atoms with Crippen molar-refractivity contribution in [3.05, 3.63) is 68.2 Å². The van der Waals surface area contributed by atoms with Crippen LogP contribution in [0.15, 0.2) is 30.3 Å². The molecule has 0 saturated heterocycles. The van der Waals surface area contributed by atoms with E-state index in [0.29, 0.717) is 22.4 Å². The maximum Gasteiger partial charge on any atom is 0.129 e. The van der Waals surface area contributed by atoms with Gasteiger partial charge in [-0.2, -0.15) is 0 Å². The molecule has 2 nitrogen and oxygen atoms in total. The van der Waals surface area contributed by atoms with Gasteiger partial charge in [0.1, 0.15) is 5.84 Å². The first-order chi connectivity index (χ1) is 9.94. The Kier molecular flexibility index (Phi) is 3.68. The van der Waals surface area contributed by atoms with Crippen LogP contribution < -0.4 is 0 Å². The summed E-state index contributed by atoms with van der Waals surface area (Å²) in [5.74, 6) is 0.516. The van der Waals surface area contributed by atoms with Crippen LogP contribution in [0.4, 0.5) is 0 Å². The minimum atomic E-state index is 0.508. The second-order valence-electron chi connectivity index (χ2n) is 5.62. The molecule has 0 saturated carbocycles. The van der Waals surface area contributed by atoms with E-state index in [1.807, 2.05) is 11.0 Å². The van der Waals surface area contributed by atoms with Crippen LogP contribution in [-0.4, -0.2) is 10.7 Å². The maximum atomic E-state index is 8.34. The van der Waals surface area contributed by atoms with Crippen LogP contribution in [0.2, 0.25) is 10.0 Å². The van der Waals surface area contributed by atoms with Gasteiger partial charge in [0.2, 0.25) is 0 Å². The molecule has 0 radical (unpaired) electrons. The van der Waals surface area contributed by atoms with Crippen molar-refractivity contribution in [3.63, 3.8) is 0 Å². The predicted molar refractivity (Wildman–Crippen MR) is 88.5 cm³/mol. The van der Waals surface area contributed by atoms with E-state index in [0.717, 1.165) is 17.7 Å². The number of halogens is 2. The van der Waals surface area contributed by atoms with E-state index >= 15 is 0 Å². The van der Waals surface area contributed by atoms with E-state index in [9.17, 15) is 0 Å². The van der Waals surface area contributed by atoms with Crippen molar-refractivity contribution in [1.29, 1.82) is 5.41 Å². The first-order valence-electron chi connectivity index (χ1n) is 6.83. The number of hydrogen-bond donors (Lipinski definition) is 1. The number of nitrogens with one attached hydrogen (secondary N) is 1. The van der Waals surface area contributed by atoms with E-state index in [4.69, 9.17) is 28.6 Å². The molecule has 4 heteroatoms. The van der Waals surface area contributed by atoms with Gasteiger partial charge in [-0.1, -0.05) is 52.5 Å². The van der Waals surface area contributed by atoms with Crippen LogP contribution in [0.1, 0.15) is 27.8 Å². The molecule has 0 aliphatic carbocycles. The molecule has 0 atom stereocenters. The van der Waals surface area contributed by atoms with Crippen molar-refractivity contribution < 1.29 is 0 Å². The summed E-state index contributed by atoms with van der Waals surface area (Å²) in [6, 6.07) is 10.2. The van der Waals surface area contributed by atoms with E-state index in [2.05, 4.69) is 32.0 Å². The molecule has 2 aromatic rings. The molecule has 2 aromatic carbocycles. The first-order valence-corrected chi connectivity index (χ1v) is 7.58. The monoisotopic (exact) mass is 318 g/mol. The zero-order chi connectivity index (χ0) is 15.1. The van der Waals surface area contributed by atoms with E-state index < -0.39 is 0 Å². The number of fused-ring (bicyclic) bond motifs is 1. The molecule has 1 N–H and O–H groups in total. The van der Waals surface area contributed by atoms with Crippen molar-refractivity contribution >= 4 is 29.0 Å². The highest BCUT2D eigenvalue weighted by Crippen LogP contribution is 2.32. The summed E-state index contributed by atoms with van der Waals surface area (Å²) >= 11 is 12.1. The lowest BCUT2D eigenvalue weighted by Crippen LogP contribution is -2.23. The second kappa shape index (κ2) is 5.36. The fourth-order valence-electron chi connectivity index (χ4n) is 2.91. The molecule has 21 heavy (non-hydrogen) atoms. The second-order valence-corrected chi connectivity index (χ2v) is 6.44. The Bertz CT molecular complexity index is 718. The third-order valence-electron chi connectivity index (χ3n) is 3.73. The maximum absolute atomic E-state index is 8.34. The topological polar surface area (TPSA) is 27.1 Å². The van der Waals surface area contributed by atoms with Gasteiger partial charge in [0.25, 0.3) is 0 Å². The average molecular weight is 319 g/mol. The predicted octanol–water partition coefficient (Wildman–Crippen LogP) is 4.95. The van der Waals surface area contributed by atoms with Crippen LogP contribution in [0.5, 0.6) is 0 Å². The van der Waals surface area contributed by atoms with Crippen molar-refractivity contribution in [2.24, 2.45) is 0 Å². The lowest BCUT2D eigenvalue weighted by atomic mass is 10.1. The summed E-state index contributed by atoms with van der Waals surface area (Å²) < 4.78 is 0. The van der Waals surface area contributed by atoms with Gasteiger partial charge in [-0.05, 0) is 37.1 Å². The minimum Gasteiger partial charge on any atom is -0.348 e. The first kappa shape index (κ1) is 14.4. The number of hydrogen-bond acceptors (Lipinski definition) is 1. The number of amidine groups is 1. The fraction of sp³-hybridized carbons (Fsp3) is 0.235. The van der Waals surface area contributed by atoms with Gasteiger partial charge in [0.05, 0.1) is 10.0 Å². The smallest absolute Gasteiger partial charge is 0.129 e. The molecule has 0 aromatic heterocycles. The van der Waals surface area contributed by atoms with Gasteiger partial charge >= 0.3 is 0 Å². The zero-order valence-corrected chi connectivity index (χ0v) is 13.5. The Morgan fingerprint density at radius 2 is 1.62 bits per heavy atom. The summed E-state index contributed by atoms with van der Waals surface area (Å²) in [4.78, 5) is 2.05. The number of rotatable bonds is 2. The quantitative estimate of drug-likeness (QED) is 0.833. The van der Waals surface area contributed by atoms with Gasteiger partial charge in [-0.15, -0.1) is 0 Å². The molecule has 3 rings (SSSR count). The summed E-state index contributed by atoms with van der Waals surface area (Å²) in [5, 5.41) is 9.40. The van der Waals surface area contributed by atoms with E-state index in [1.54, 1.807) is 6.07 Å². The summed E-state index contributed by atoms with van der Waals surface area (Å²) in [6.07, 6.45) is 0. The fourth-order valence-corrected chi connectivity index (χ4v) is 3.26. The van der Waals surface area contributed by atoms with Gasteiger partial charge in [0.15, 0.2) is 0 Å². The lowest BCUT2D eigenvalue weighted by Gasteiger charge is -2.18. The molecule has 1 aliphatic heterocycles. The van der Waals surface area contributed by atoms with Gasteiger partial charge in [0, 0.05) is 18.7 Å². The van der Waals surface area contributed by atoms with Gasteiger partial charge in [-0.25, -0.2) is 0 Å². The zero-order valence-electron chi connectivity index (χ0n) is 12.0. The van der Waals surface area contributed by atoms with Crippen LogP contribution in [0.3, 0.4) is 0 Å². The number of benzene rings is 2. The minimum absolute atomic E-state index is 0.508. The Morgan fingerprint density at radius 1 is 1.00 bits per heavy atom. The Balaban J connectivity index is 1.88. The van der Waals surface area contributed by atoms with Crippen molar-refractivity contribution in [3.8, 4) is 0 Å². The molecule has 0 unspecified atom stereocenters. The SMILES string of the molecule is Cc1cc(C)cc(CN2Cc3cc(Cl)c(Cl)cc3C2=N)c1. The van der Waals surface area contributed by atoms with Crippen molar-refractivity contribution in [1.82, 2.24) is 4.90 Å². The van der Waals surface area contributed by atoms with E-state index in [1.165, 1.54) is 16.7 Å². The van der Waals surface area contributed by atoms with Crippen LogP contribution in [0.25, 0.3) is 0 Å². The Morgan fingerprint density at radius 3 is 2.29 bits per heavy atom. The molecule has 1 aliphatic rings. The Hall–Kier alpha value is -1.51. The molecule has 108 valence electrons. The molecule has 0 bridgehead atoms. The molecule has 0 amide bonds. The standard InChI is InChI=1S/C17H16Cl2N2/c1-10-3-11(2)5-12(4-10)8-21-9-13-6-15(18)16(19)7-14(13)17(21)20/h3-7,20H,8-9H2,1-2H3. The van der Waals surface area contributed by atoms with Crippen molar-refractivity contribution in [2.75, 3.05) is 0 Å². The largest absolute Gasteiger partial charge is 0.348 e. The molecule has 0 spiro atoms. The highest BCUT2D eigenvalue weighted by Gasteiger charge is 2.25. The molecule has 1 heterocycles. The third kappa shape index (κ3) is 2.78. The number of aryl methyl sites for hydroxylation is 2. The van der Waals surface area contributed by atoms with Crippen LogP contribution in [-0.2, 0) is 13.1 Å². The Labute approximate surface area is 134 Å². The van der Waals surface area contributed by atoms with Crippen LogP contribution in [0, 0.1) is 19.3 Å². The summed E-state index contributed by atoms with van der Waals surface area (Å²) in [5.41, 5.74) is 5.67. The lowest BCUT2D eigenvalue weighted by molar-refractivity contribution is 0.422. The summed E-state index contributed by atoms with van der Waals surface area (Å²) in [7, 11) is 0. The summed E-state index contributed by atoms with van der Waals surface area (Å²) in [6.45, 7) is 5.63. The van der Waals surface area contributed by atoms with Gasteiger partial charge < -0.3 is 4.90 Å². The average Bonchev–Trinajstić information content (AvgIpc) is 2.66.